The number of nitrogens with zero attached hydrogens (tertiary/aromatic N) is 4. The molecule has 0 amide bonds. The van der Waals surface area contributed by atoms with Gasteiger partial charge in [0.05, 0.1) is 12.2 Å². The van der Waals surface area contributed by atoms with Crippen molar-refractivity contribution in [1.82, 2.24) is 25.4 Å². The summed E-state index contributed by atoms with van der Waals surface area (Å²) in [5.74, 6) is 1.04. The summed E-state index contributed by atoms with van der Waals surface area (Å²) in [5, 5.41) is 7.17. The highest BCUT2D eigenvalue weighted by atomic mass is 16.5. The molecular formula is C11H15N5O. The van der Waals surface area contributed by atoms with Crippen LogP contribution in [-0.4, -0.2) is 26.7 Å². The molecule has 6 nitrogen and oxygen atoms in total. The molecule has 0 saturated carbocycles. The molecule has 0 aliphatic carbocycles. The van der Waals surface area contributed by atoms with Crippen molar-refractivity contribution in [3.8, 4) is 11.5 Å². The van der Waals surface area contributed by atoms with E-state index >= 15 is 0 Å². The van der Waals surface area contributed by atoms with Crippen molar-refractivity contribution >= 4 is 0 Å². The Morgan fingerprint density at radius 1 is 1.41 bits per heavy atom. The first-order valence-electron chi connectivity index (χ1n) is 5.64. The van der Waals surface area contributed by atoms with E-state index in [9.17, 15) is 0 Å². The Morgan fingerprint density at radius 2 is 2.29 bits per heavy atom. The highest BCUT2D eigenvalue weighted by Gasteiger charge is 2.14. The van der Waals surface area contributed by atoms with Gasteiger partial charge in [-0.3, -0.25) is 4.98 Å². The van der Waals surface area contributed by atoms with Crippen molar-refractivity contribution < 1.29 is 4.52 Å². The highest BCUT2D eigenvalue weighted by Crippen LogP contribution is 2.15. The largest absolute Gasteiger partial charge is 0.337 e. The average Bonchev–Trinajstić information content (AvgIpc) is 2.86. The van der Waals surface area contributed by atoms with E-state index in [1.54, 1.807) is 18.6 Å². The summed E-state index contributed by atoms with van der Waals surface area (Å²) in [7, 11) is 0. The minimum absolute atomic E-state index is 0.0490. The van der Waals surface area contributed by atoms with Crippen LogP contribution in [0.2, 0.25) is 0 Å². The van der Waals surface area contributed by atoms with Gasteiger partial charge in [0.2, 0.25) is 11.7 Å². The summed E-state index contributed by atoms with van der Waals surface area (Å²) in [6.45, 7) is 5.02. The van der Waals surface area contributed by atoms with Crippen LogP contribution in [0, 0.1) is 0 Å². The lowest BCUT2D eigenvalue weighted by molar-refractivity contribution is 0.340. The van der Waals surface area contributed by atoms with Gasteiger partial charge in [0, 0.05) is 12.4 Å². The van der Waals surface area contributed by atoms with Gasteiger partial charge in [-0.25, -0.2) is 4.98 Å². The molecule has 0 aliphatic rings. The van der Waals surface area contributed by atoms with Gasteiger partial charge < -0.3 is 9.84 Å². The van der Waals surface area contributed by atoms with E-state index < -0.39 is 0 Å². The highest BCUT2D eigenvalue weighted by molar-refractivity contribution is 5.45. The van der Waals surface area contributed by atoms with Crippen LogP contribution in [0.3, 0.4) is 0 Å². The Labute approximate surface area is 99.5 Å². The van der Waals surface area contributed by atoms with Crippen LogP contribution < -0.4 is 5.32 Å². The molecule has 0 radical (unpaired) electrons. The lowest BCUT2D eigenvalue weighted by Crippen LogP contribution is -2.19. The van der Waals surface area contributed by atoms with Crippen LogP contribution in [0.15, 0.2) is 23.1 Å². The predicted octanol–water partition coefficient (Wildman–Crippen LogP) is 1.59. The summed E-state index contributed by atoms with van der Waals surface area (Å²) < 4.78 is 5.19. The van der Waals surface area contributed by atoms with Crippen molar-refractivity contribution in [2.24, 2.45) is 0 Å². The third-order valence-electron chi connectivity index (χ3n) is 2.30. The third-order valence-corrected chi connectivity index (χ3v) is 2.30. The fourth-order valence-electron chi connectivity index (χ4n) is 1.38. The van der Waals surface area contributed by atoms with Gasteiger partial charge in [0.15, 0.2) is 0 Å². The monoisotopic (exact) mass is 233 g/mol. The fraction of sp³-hybridized carbons (Fsp3) is 0.455. The van der Waals surface area contributed by atoms with Crippen LogP contribution in [0.1, 0.15) is 32.2 Å². The Bertz CT molecular complexity index is 456. The van der Waals surface area contributed by atoms with Crippen molar-refractivity contribution in [2.45, 2.75) is 26.3 Å². The van der Waals surface area contributed by atoms with Gasteiger partial charge in [-0.1, -0.05) is 12.1 Å². The van der Waals surface area contributed by atoms with E-state index in [0.717, 1.165) is 13.0 Å². The van der Waals surface area contributed by atoms with Crippen molar-refractivity contribution in [1.29, 1.82) is 0 Å². The first-order chi connectivity index (χ1) is 8.31. The molecule has 2 rings (SSSR count). The van der Waals surface area contributed by atoms with Gasteiger partial charge in [-0.15, -0.1) is 0 Å². The molecule has 90 valence electrons. The van der Waals surface area contributed by atoms with Gasteiger partial charge in [-0.05, 0) is 19.9 Å². The van der Waals surface area contributed by atoms with Crippen molar-refractivity contribution in [3.05, 3.63) is 24.5 Å². The molecule has 6 heteroatoms. The zero-order valence-electron chi connectivity index (χ0n) is 9.92. The maximum absolute atomic E-state index is 5.19. The second-order valence-electron chi connectivity index (χ2n) is 3.72. The summed E-state index contributed by atoms with van der Waals surface area (Å²) in [6.07, 6.45) is 5.88. The molecule has 0 bridgehead atoms. The van der Waals surface area contributed by atoms with E-state index in [1.807, 2.05) is 6.92 Å². The van der Waals surface area contributed by atoms with Crippen LogP contribution in [0.5, 0.6) is 0 Å². The summed E-state index contributed by atoms with van der Waals surface area (Å²) >= 11 is 0. The molecular weight excluding hydrogens is 218 g/mol. The first kappa shape index (κ1) is 11.7. The van der Waals surface area contributed by atoms with E-state index in [-0.39, 0.29) is 6.04 Å². The van der Waals surface area contributed by atoms with Crippen LogP contribution in [-0.2, 0) is 0 Å². The number of hydrogen-bond acceptors (Lipinski definition) is 6. The fourth-order valence-corrected chi connectivity index (χ4v) is 1.38. The normalized spacial score (nSPS) is 12.6. The quantitative estimate of drug-likeness (QED) is 0.845. The first-order valence-corrected chi connectivity index (χ1v) is 5.64. The molecule has 17 heavy (non-hydrogen) atoms. The van der Waals surface area contributed by atoms with Gasteiger partial charge in [-0.2, -0.15) is 4.98 Å². The van der Waals surface area contributed by atoms with Crippen LogP contribution in [0.4, 0.5) is 0 Å². The topological polar surface area (TPSA) is 76.7 Å². The summed E-state index contributed by atoms with van der Waals surface area (Å²) in [5.41, 5.74) is 0.616. The molecule has 2 heterocycles. The number of hydrogen-bond donors (Lipinski definition) is 1. The third kappa shape index (κ3) is 2.85. The summed E-state index contributed by atoms with van der Waals surface area (Å²) in [6, 6.07) is 0.0490. The van der Waals surface area contributed by atoms with Crippen LogP contribution >= 0.6 is 0 Å². The molecule has 0 fully saturated rings. The second kappa shape index (κ2) is 5.49. The zero-order chi connectivity index (χ0) is 12.1. The number of nitrogens with one attached hydrogen (secondary N) is 1. The zero-order valence-corrected chi connectivity index (χ0v) is 9.92. The number of rotatable bonds is 5. The molecule has 0 saturated heterocycles. The molecule has 1 atom stereocenters. The Kier molecular flexibility index (Phi) is 3.77. The Hall–Kier alpha value is -1.82. The van der Waals surface area contributed by atoms with Gasteiger partial charge in [0.1, 0.15) is 5.69 Å². The average molecular weight is 233 g/mol. The van der Waals surface area contributed by atoms with Crippen molar-refractivity contribution in [3.63, 3.8) is 0 Å². The summed E-state index contributed by atoms with van der Waals surface area (Å²) in [4.78, 5) is 12.4. The molecule has 0 aliphatic heterocycles. The number of aromatic nitrogens is 4. The molecule has 0 aromatic carbocycles. The van der Waals surface area contributed by atoms with Crippen LogP contribution in [0.25, 0.3) is 11.5 Å². The van der Waals surface area contributed by atoms with E-state index in [2.05, 4.69) is 32.3 Å². The minimum Gasteiger partial charge on any atom is -0.337 e. The Morgan fingerprint density at radius 3 is 3.00 bits per heavy atom. The smallest absolute Gasteiger partial charge is 0.243 e. The van der Waals surface area contributed by atoms with Gasteiger partial charge in [0.25, 0.3) is 0 Å². The molecule has 0 spiro atoms. The van der Waals surface area contributed by atoms with E-state index in [0.29, 0.717) is 17.4 Å². The second-order valence-corrected chi connectivity index (χ2v) is 3.72. The van der Waals surface area contributed by atoms with Crippen molar-refractivity contribution in [2.75, 3.05) is 6.54 Å². The molecule has 2 aromatic heterocycles. The SMILES string of the molecule is CCCNC(C)c1nc(-c2cnccn2)no1. The maximum Gasteiger partial charge on any atom is 0.243 e. The molecule has 1 unspecified atom stereocenters. The van der Waals surface area contributed by atoms with E-state index in [4.69, 9.17) is 4.52 Å². The molecule has 1 N–H and O–H groups in total. The Balaban J connectivity index is 2.11. The minimum atomic E-state index is 0.0490. The maximum atomic E-state index is 5.19. The standard InChI is InChI=1S/C11H15N5O/c1-3-4-13-8(2)11-15-10(16-17-11)9-7-12-5-6-14-9/h5-8,13H,3-4H2,1-2H3. The molecule has 2 aromatic rings. The lowest BCUT2D eigenvalue weighted by Gasteiger charge is -2.06. The van der Waals surface area contributed by atoms with E-state index in [1.165, 1.54) is 0 Å². The lowest BCUT2D eigenvalue weighted by atomic mass is 10.3. The predicted molar refractivity (Wildman–Crippen MR) is 62.0 cm³/mol. The van der Waals surface area contributed by atoms with Gasteiger partial charge >= 0.3 is 0 Å².